The highest BCUT2D eigenvalue weighted by molar-refractivity contribution is 6.42. The summed E-state index contributed by atoms with van der Waals surface area (Å²) >= 11 is 12.2. The van der Waals surface area contributed by atoms with Crippen LogP contribution in [0.2, 0.25) is 10.0 Å². The quantitative estimate of drug-likeness (QED) is 0.795. The normalized spacial score (nSPS) is 28.5. The minimum absolute atomic E-state index is 0.0791. The molecule has 0 spiro atoms. The van der Waals surface area contributed by atoms with Crippen molar-refractivity contribution in [3.05, 3.63) is 22.2 Å². The molecule has 2 fully saturated rings. The van der Waals surface area contributed by atoms with Crippen molar-refractivity contribution >= 4 is 40.2 Å². The van der Waals surface area contributed by atoms with Crippen LogP contribution in [0.4, 0.5) is 5.95 Å². The third-order valence-electron chi connectivity index (χ3n) is 4.02. The van der Waals surface area contributed by atoms with Crippen LogP contribution in [0.1, 0.15) is 19.1 Å². The van der Waals surface area contributed by atoms with E-state index in [-0.39, 0.29) is 6.61 Å². The summed E-state index contributed by atoms with van der Waals surface area (Å²) in [6, 6.07) is 3.77. The zero-order chi connectivity index (χ0) is 15.4. The molecule has 0 bridgehead atoms. The molecular formula is C14H15Cl2N3O3. The molecular weight excluding hydrogens is 329 g/mol. The molecule has 1 aliphatic heterocycles. The van der Waals surface area contributed by atoms with Crippen LogP contribution in [0.15, 0.2) is 12.1 Å². The van der Waals surface area contributed by atoms with Gasteiger partial charge in [0.15, 0.2) is 6.23 Å². The molecule has 22 heavy (non-hydrogen) atoms. The summed E-state index contributed by atoms with van der Waals surface area (Å²) in [4.78, 5) is 4.53. The fraction of sp³-hybridized carbons (Fsp3) is 0.500. The smallest absolute Gasteiger partial charge is 0.206 e. The predicted molar refractivity (Wildman–Crippen MR) is 83.4 cm³/mol. The first-order chi connectivity index (χ1) is 10.5. The Morgan fingerprint density at radius 3 is 2.59 bits per heavy atom. The molecule has 0 unspecified atom stereocenters. The van der Waals surface area contributed by atoms with E-state index < -0.39 is 18.4 Å². The molecule has 6 nitrogen and oxygen atoms in total. The Bertz CT molecular complexity index is 732. The molecule has 2 aromatic rings. The van der Waals surface area contributed by atoms with Crippen LogP contribution in [-0.4, -0.2) is 44.6 Å². The van der Waals surface area contributed by atoms with E-state index in [0.29, 0.717) is 33.1 Å². The summed E-state index contributed by atoms with van der Waals surface area (Å²) in [5.41, 5.74) is 1.37. The number of nitrogens with zero attached hydrogens (tertiary/aromatic N) is 2. The maximum Gasteiger partial charge on any atom is 0.206 e. The van der Waals surface area contributed by atoms with E-state index in [4.69, 9.17) is 27.9 Å². The third kappa shape index (κ3) is 2.35. The highest BCUT2D eigenvalue weighted by Gasteiger charge is 2.38. The van der Waals surface area contributed by atoms with Gasteiger partial charge in [0.25, 0.3) is 0 Å². The molecule has 0 amide bonds. The van der Waals surface area contributed by atoms with Gasteiger partial charge in [-0.2, -0.15) is 0 Å². The number of aliphatic hydroxyl groups excluding tert-OH is 2. The Labute approximate surface area is 136 Å². The molecule has 1 saturated carbocycles. The first-order valence-electron chi connectivity index (χ1n) is 7.16. The van der Waals surface area contributed by atoms with Gasteiger partial charge in [0, 0.05) is 6.04 Å². The number of benzene rings is 1. The van der Waals surface area contributed by atoms with Crippen LogP contribution >= 0.6 is 23.2 Å². The van der Waals surface area contributed by atoms with Crippen LogP contribution in [0.3, 0.4) is 0 Å². The highest BCUT2D eigenvalue weighted by Crippen LogP contribution is 2.36. The van der Waals surface area contributed by atoms with Crippen molar-refractivity contribution in [3.63, 3.8) is 0 Å². The first kappa shape index (κ1) is 14.5. The summed E-state index contributed by atoms with van der Waals surface area (Å²) in [6.07, 6.45) is -0.480. The lowest BCUT2D eigenvalue weighted by Crippen LogP contribution is -2.29. The molecule has 1 aromatic carbocycles. The van der Waals surface area contributed by atoms with E-state index in [0.717, 1.165) is 12.8 Å². The number of aliphatic hydroxyl groups is 2. The minimum Gasteiger partial charge on any atom is -0.388 e. The topological polar surface area (TPSA) is 79.5 Å². The average molecular weight is 344 g/mol. The van der Waals surface area contributed by atoms with Gasteiger partial charge in [0.2, 0.25) is 5.95 Å². The first-order valence-corrected chi connectivity index (χ1v) is 7.91. The SMILES string of the molecule is O[C@@H]1[C@H](O)CO[C@H]1n1c(NC2CC2)nc2cc(Cl)c(Cl)cc21. The Balaban J connectivity index is 1.86. The summed E-state index contributed by atoms with van der Waals surface area (Å²) < 4.78 is 7.30. The zero-order valence-corrected chi connectivity index (χ0v) is 13.1. The number of rotatable bonds is 3. The zero-order valence-electron chi connectivity index (χ0n) is 11.5. The van der Waals surface area contributed by atoms with Crippen LogP contribution in [0.25, 0.3) is 11.0 Å². The van der Waals surface area contributed by atoms with Crippen molar-refractivity contribution in [1.82, 2.24) is 9.55 Å². The monoisotopic (exact) mass is 343 g/mol. The van der Waals surface area contributed by atoms with Gasteiger partial charge in [0.1, 0.15) is 12.2 Å². The molecule has 3 N–H and O–H groups in total. The van der Waals surface area contributed by atoms with Gasteiger partial charge in [0.05, 0.1) is 27.7 Å². The molecule has 0 radical (unpaired) electrons. The maximum absolute atomic E-state index is 10.2. The fourth-order valence-electron chi connectivity index (χ4n) is 2.67. The van der Waals surface area contributed by atoms with Gasteiger partial charge in [-0.15, -0.1) is 0 Å². The second-order valence-corrected chi connectivity index (χ2v) is 6.58. The molecule has 1 saturated heterocycles. The van der Waals surface area contributed by atoms with Crippen LogP contribution in [0, 0.1) is 0 Å². The Morgan fingerprint density at radius 2 is 1.95 bits per heavy atom. The number of imidazole rings is 1. The molecule has 1 aromatic heterocycles. The summed E-state index contributed by atoms with van der Waals surface area (Å²) in [6.45, 7) is 0.0791. The molecule has 2 heterocycles. The van der Waals surface area contributed by atoms with E-state index >= 15 is 0 Å². The van der Waals surface area contributed by atoms with Crippen molar-refractivity contribution in [2.45, 2.75) is 37.3 Å². The Hall–Kier alpha value is -1.05. The summed E-state index contributed by atoms with van der Waals surface area (Å²) in [5, 5.41) is 24.1. The van der Waals surface area contributed by atoms with Crippen LogP contribution in [0.5, 0.6) is 0 Å². The third-order valence-corrected chi connectivity index (χ3v) is 4.74. The van der Waals surface area contributed by atoms with Crippen molar-refractivity contribution in [2.75, 3.05) is 11.9 Å². The van der Waals surface area contributed by atoms with Gasteiger partial charge in [-0.1, -0.05) is 23.2 Å². The standard InChI is InChI=1S/C14H15Cl2N3O3/c15-7-3-9-10(4-8(7)16)19(13-12(21)11(20)5-22-13)14(18-9)17-6-1-2-6/h3-4,6,11-13,20-21H,1-2,5H2,(H,17,18)/t11-,12-,13-/m1/s1. The van der Waals surface area contributed by atoms with Crippen LogP contribution < -0.4 is 5.32 Å². The molecule has 1 aliphatic carbocycles. The van der Waals surface area contributed by atoms with Gasteiger partial charge < -0.3 is 20.3 Å². The second kappa shape index (κ2) is 5.25. The predicted octanol–water partition coefficient (Wildman–Crippen LogP) is 2.17. The number of aromatic nitrogens is 2. The summed E-state index contributed by atoms with van der Waals surface area (Å²) in [7, 11) is 0. The van der Waals surface area contributed by atoms with Gasteiger partial charge in [-0.05, 0) is 25.0 Å². The van der Waals surface area contributed by atoms with Gasteiger partial charge >= 0.3 is 0 Å². The fourth-order valence-corrected chi connectivity index (χ4v) is 2.99. The van der Waals surface area contributed by atoms with E-state index in [1.165, 1.54) is 0 Å². The largest absolute Gasteiger partial charge is 0.388 e. The van der Waals surface area contributed by atoms with Crippen molar-refractivity contribution in [3.8, 4) is 0 Å². The minimum atomic E-state index is -1.02. The van der Waals surface area contributed by atoms with Crippen LogP contribution in [-0.2, 0) is 4.74 Å². The lowest BCUT2D eigenvalue weighted by atomic mass is 10.2. The molecule has 118 valence electrons. The van der Waals surface area contributed by atoms with Gasteiger partial charge in [-0.3, -0.25) is 4.57 Å². The number of halogens is 2. The number of nitrogens with one attached hydrogen (secondary N) is 1. The number of ether oxygens (including phenoxy) is 1. The number of fused-ring (bicyclic) bond motifs is 1. The van der Waals surface area contributed by atoms with Crippen molar-refractivity contribution < 1.29 is 14.9 Å². The molecule has 3 atom stereocenters. The highest BCUT2D eigenvalue weighted by atomic mass is 35.5. The van der Waals surface area contributed by atoms with Gasteiger partial charge in [-0.25, -0.2) is 4.98 Å². The van der Waals surface area contributed by atoms with E-state index in [1.807, 2.05) is 0 Å². The van der Waals surface area contributed by atoms with Crippen molar-refractivity contribution in [2.24, 2.45) is 0 Å². The van der Waals surface area contributed by atoms with E-state index in [2.05, 4.69) is 10.3 Å². The maximum atomic E-state index is 10.2. The van der Waals surface area contributed by atoms with E-state index in [1.54, 1.807) is 16.7 Å². The molecule has 8 heteroatoms. The Morgan fingerprint density at radius 1 is 1.23 bits per heavy atom. The molecule has 4 rings (SSSR count). The number of anilines is 1. The van der Waals surface area contributed by atoms with Crippen molar-refractivity contribution in [1.29, 1.82) is 0 Å². The number of hydrogen-bond acceptors (Lipinski definition) is 5. The lowest BCUT2D eigenvalue weighted by molar-refractivity contribution is -0.0148. The lowest BCUT2D eigenvalue weighted by Gasteiger charge is -2.20. The molecule has 2 aliphatic rings. The summed E-state index contributed by atoms with van der Waals surface area (Å²) in [5.74, 6) is 0.592. The number of hydrogen-bond donors (Lipinski definition) is 3. The Kier molecular flexibility index (Phi) is 3.47. The average Bonchev–Trinajstić information content (AvgIpc) is 3.16. The second-order valence-electron chi connectivity index (χ2n) is 5.76. The van der Waals surface area contributed by atoms with E-state index in [9.17, 15) is 10.2 Å².